The lowest BCUT2D eigenvalue weighted by Crippen LogP contribution is -2.21. The van der Waals surface area contributed by atoms with E-state index in [1.54, 1.807) is 12.1 Å². The fourth-order valence-electron chi connectivity index (χ4n) is 3.17. The summed E-state index contributed by atoms with van der Waals surface area (Å²) in [7, 11) is 1.36. The summed E-state index contributed by atoms with van der Waals surface area (Å²) >= 11 is 0. The predicted octanol–water partition coefficient (Wildman–Crippen LogP) is 5.34. The molecule has 0 spiro atoms. The first kappa shape index (κ1) is 23.9. The third-order valence-corrected chi connectivity index (χ3v) is 4.79. The maximum absolute atomic E-state index is 12.8. The average Bonchev–Trinajstić information content (AvgIpc) is 2.83. The number of carbonyl (C=O) groups excluding carboxylic acids is 1. The maximum Gasteiger partial charge on any atom is 0.387 e. The van der Waals surface area contributed by atoms with Crippen molar-refractivity contribution in [2.45, 2.75) is 26.4 Å². The molecule has 0 saturated carbocycles. The van der Waals surface area contributed by atoms with E-state index in [2.05, 4.69) is 10.1 Å². The van der Waals surface area contributed by atoms with Gasteiger partial charge < -0.3 is 19.5 Å². The topological polar surface area (TPSA) is 56.8 Å². The van der Waals surface area contributed by atoms with Gasteiger partial charge in [0, 0.05) is 18.2 Å². The highest BCUT2D eigenvalue weighted by Crippen LogP contribution is 2.33. The van der Waals surface area contributed by atoms with E-state index >= 15 is 0 Å². The predicted molar refractivity (Wildman–Crippen MR) is 122 cm³/mol. The second-order valence-electron chi connectivity index (χ2n) is 7.06. The summed E-state index contributed by atoms with van der Waals surface area (Å²) in [6, 6.07) is 22.2. The largest absolute Gasteiger partial charge is 0.493 e. The molecular weight excluding hydrogens is 428 g/mol. The number of benzene rings is 3. The number of methoxy groups -OCH3 is 1. The van der Waals surface area contributed by atoms with Gasteiger partial charge in [-0.2, -0.15) is 8.78 Å². The summed E-state index contributed by atoms with van der Waals surface area (Å²) in [6.07, 6.45) is 2.67. The van der Waals surface area contributed by atoms with Gasteiger partial charge in [-0.25, -0.2) is 0 Å². The fourth-order valence-corrected chi connectivity index (χ4v) is 3.17. The van der Waals surface area contributed by atoms with E-state index in [0.717, 1.165) is 16.7 Å². The lowest BCUT2D eigenvalue weighted by Gasteiger charge is -2.12. The molecule has 0 aromatic heterocycles. The molecule has 0 unspecified atom stereocenters. The normalized spacial score (nSPS) is 11.0. The third kappa shape index (κ3) is 7.43. The lowest BCUT2D eigenvalue weighted by atomic mass is 10.1. The van der Waals surface area contributed by atoms with Crippen LogP contribution in [0.1, 0.15) is 22.3 Å². The van der Waals surface area contributed by atoms with Crippen LogP contribution in [0.3, 0.4) is 0 Å². The van der Waals surface area contributed by atoms with Crippen molar-refractivity contribution < 1.29 is 27.8 Å². The molecule has 1 N–H and O–H groups in total. The molecule has 3 aromatic rings. The molecule has 7 heteroatoms. The van der Waals surface area contributed by atoms with Crippen molar-refractivity contribution >= 4 is 12.0 Å². The average molecular weight is 453 g/mol. The van der Waals surface area contributed by atoms with Crippen LogP contribution >= 0.6 is 0 Å². The van der Waals surface area contributed by atoms with Gasteiger partial charge in [-0.15, -0.1) is 0 Å². The van der Waals surface area contributed by atoms with E-state index in [4.69, 9.17) is 9.47 Å². The molecule has 3 rings (SSSR count). The Bertz CT molecular complexity index is 1070. The highest BCUT2D eigenvalue weighted by atomic mass is 19.3. The minimum absolute atomic E-state index is 0.125. The molecule has 0 atom stereocenters. The Balaban J connectivity index is 1.59. The maximum atomic E-state index is 12.8. The number of hydrogen-bond donors (Lipinski definition) is 1. The molecule has 0 aliphatic rings. The Labute approximate surface area is 191 Å². The Morgan fingerprint density at radius 2 is 1.67 bits per heavy atom. The van der Waals surface area contributed by atoms with Crippen molar-refractivity contribution in [1.82, 2.24) is 5.32 Å². The molecule has 33 heavy (non-hydrogen) atoms. The second-order valence-corrected chi connectivity index (χ2v) is 7.06. The van der Waals surface area contributed by atoms with Gasteiger partial charge in [0.2, 0.25) is 5.91 Å². The fraction of sp³-hybridized carbons (Fsp3) is 0.192. The van der Waals surface area contributed by atoms with Crippen molar-refractivity contribution in [2.24, 2.45) is 0 Å². The number of nitrogens with one attached hydrogen (secondary N) is 1. The summed E-state index contributed by atoms with van der Waals surface area (Å²) in [5.41, 5.74) is 3.29. The zero-order valence-corrected chi connectivity index (χ0v) is 18.2. The van der Waals surface area contributed by atoms with Crippen LogP contribution in [0.25, 0.3) is 6.08 Å². The SMILES string of the molecule is COc1cccc(/C=C/C(=O)NCc2ccccc2COCc2ccccc2)c1OC(F)F. The van der Waals surface area contributed by atoms with Crippen LogP contribution in [0.15, 0.2) is 78.9 Å². The monoisotopic (exact) mass is 453 g/mol. The first-order valence-electron chi connectivity index (χ1n) is 10.3. The zero-order chi connectivity index (χ0) is 23.5. The Morgan fingerprint density at radius 1 is 0.939 bits per heavy atom. The molecule has 1 amide bonds. The van der Waals surface area contributed by atoms with E-state index < -0.39 is 6.61 Å². The van der Waals surface area contributed by atoms with Crippen molar-refractivity contribution in [3.05, 3.63) is 101 Å². The first-order valence-corrected chi connectivity index (χ1v) is 10.3. The Kier molecular flexibility index (Phi) is 8.97. The van der Waals surface area contributed by atoms with Crippen LogP contribution in [-0.4, -0.2) is 19.6 Å². The first-order chi connectivity index (χ1) is 16.1. The van der Waals surface area contributed by atoms with Crippen LogP contribution in [-0.2, 0) is 29.3 Å². The minimum atomic E-state index is -3.01. The quantitative estimate of drug-likeness (QED) is 0.398. The van der Waals surface area contributed by atoms with Crippen LogP contribution in [0, 0.1) is 0 Å². The van der Waals surface area contributed by atoms with Gasteiger partial charge in [-0.1, -0.05) is 66.7 Å². The number of rotatable bonds is 11. The lowest BCUT2D eigenvalue weighted by molar-refractivity contribution is -0.116. The summed E-state index contributed by atoms with van der Waals surface area (Å²) in [5.74, 6) is -0.344. The van der Waals surface area contributed by atoms with Crippen molar-refractivity contribution in [1.29, 1.82) is 0 Å². The van der Waals surface area contributed by atoms with Crippen molar-refractivity contribution in [3.8, 4) is 11.5 Å². The number of halogens is 2. The van der Waals surface area contributed by atoms with Gasteiger partial charge in [-0.05, 0) is 28.8 Å². The number of para-hydroxylation sites is 1. The molecule has 0 heterocycles. The molecule has 3 aromatic carbocycles. The Morgan fingerprint density at radius 3 is 2.39 bits per heavy atom. The molecule has 0 saturated heterocycles. The minimum Gasteiger partial charge on any atom is -0.493 e. The van der Waals surface area contributed by atoms with E-state index in [1.807, 2.05) is 54.6 Å². The van der Waals surface area contributed by atoms with E-state index in [-0.39, 0.29) is 17.4 Å². The summed E-state index contributed by atoms with van der Waals surface area (Å²) in [4.78, 5) is 12.3. The number of alkyl halides is 2. The Hall–Kier alpha value is -3.71. The van der Waals surface area contributed by atoms with Gasteiger partial charge in [0.1, 0.15) is 0 Å². The second kappa shape index (κ2) is 12.4. The molecule has 0 aliphatic heterocycles. The molecule has 172 valence electrons. The van der Waals surface area contributed by atoms with Gasteiger partial charge >= 0.3 is 6.61 Å². The van der Waals surface area contributed by atoms with Crippen molar-refractivity contribution in [3.63, 3.8) is 0 Å². The van der Waals surface area contributed by atoms with Crippen LogP contribution in [0.4, 0.5) is 8.78 Å². The number of carbonyl (C=O) groups is 1. The van der Waals surface area contributed by atoms with Crippen molar-refractivity contribution in [2.75, 3.05) is 7.11 Å². The standard InChI is InChI=1S/C26H25F2NO4/c1-31-23-13-7-12-20(25(23)33-26(27)28)14-15-24(30)29-16-21-10-5-6-11-22(21)18-32-17-19-8-3-2-4-9-19/h2-15,26H,16-18H2,1H3,(H,29,30)/b15-14+. The third-order valence-electron chi connectivity index (χ3n) is 4.79. The van der Waals surface area contributed by atoms with Crippen LogP contribution in [0.2, 0.25) is 0 Å². The highest BCUT2D eigenvalue weighted by molar-refractivity contribution is 5.92. The molecule has 0 fully saturated rings. The van der Waals surface area contributed by atoms with Crippen LogP contribution in [0.5, 0.6) is 11.5 Å². The van der Waals surface area contributed by atoms with Gasteiger partial charge in [0.05, 0.1) is 20.3 Å². The van der Waals surface area contributed by atoms with E-state index in [0.29, 0.717) is 25.3 Å². The number of ether oxygens (including phenoxy) is 3. The smallest absolute Gasteiger partial charge is 0.387 e. The molecule has 0 radical (unpaired) electrons. The van der Waals surface area contributed by atoms with E-state index in [1.165, 1.54) is 25.3 Å². The summed E-state index contributed by atoms with van der Waals surface area (Å²) < 4.78 is 40.9. The van der Waals surface area contributed by atoms with Gasteiger partial charge in [0.25, 0.3) is 0 Å². The summed E-state index contributed by atoms with van der Waals surface area (Å²) in [6.45, 7) is -1.81. The summed E-state index contributed by atoms with van der Waals surface area (Å²) in [5, 5.41) is 2.81. The zero-order valence-electron chi connectivity index (χ0n) is 18.2. The molecule has 0 bridgehead atoms. The molecular formula is C26H25F2NO4. The van der Waals surface area contributed by atoms with E-state index in [9.17, 15) is 13.6 Å². The number of hydrogen-bond acceptors (Lipinski definition) is 4. The van der Waals surface area contributed by atoms with Crippen LogP contribution < -0.4 is 14.8 Å². The number of amides is 1. The highest BCUT2D eigenvalue weighted by Gasteiger charge is 2.14. The molecule has 0 aliphatic carbocycles. The van der Waals surface area contributed by atoms with Gasteiger partial charge in [-0.3, -0.25) is 4.79 Å². The molecule has 5 nitrogen and oxygen atoms in total. The van der Waals surface area contributed by atoms with Gasteiger partial charge in [0.15, 0.2) is 11.5 Å².